The van der Waals surface area contributed by atoms with Crippen LogP contribution in [-0.4, -0.2) is 40.3 Å². The number of sulfonamides is 1. The molecular formula is C6H15N3O3S. The fourth-order valence-electron chi connectivity index (χ4n) is 0.653. The quantitative estimate of drug-likeness (QED) is 0.280. The Morgan fingerprint density at radius 1 is 1.62 bits per heavy atom. The van der Waals surface area contributed by atoms with Crippen LogP contribution < -0.4 is 10.5 Å². The van der Waals surface area contributed by atoms with Gasteiger partial charge < -0.3 is 10.5 Å². The van der Waals surface area contributed by atoms with E-state index in [1.54, 1.807) is 0 Å². The second-order valence-corrected chi connectivity index (χ2v) is 4.44. The highest BCUT2D eigenvalue weighted by molar-refractivity contribution is 7.89. The first-order valence-electron chi connectivity index (χ1n) is 3.77. The van der Waals surface area contributed by atoms with Gasteiger partial charge in [-0.2, -0.15) is 0 Å². The van der Waals surface area contributed by atoms with E-state index >= 15 is 0 Å². The van der Waals surface area contributed by atoms with Crippen LogP contribution in [0.3, 0.4) is 0 Å². The molecule has 4 N–H and O–H groups in total. The van der Waals surface area contributed by atoms with Gasteiger partial charge in [0.1, 0.15) is 5.84 Å². The Labute approximate surface area is 78.0 Å². The lowest BCUT2D eigenvalue weighted by Crippen LogP contribution is -2.34. The molecule has 0 fully saturated rings. The summed E-state index contributed by atoms with van der Waals surface area (Å²) >= 11 is 0. The lowest BCUT2D eigenvalue weighted by Gasteiger charge is -2.04. The molecule has 7 heteroatoms. The molecule has 0 spiro atoms. The summed E-state index contributed by atoms with van der Waals surface area (Å²) in [7, 11) is -1.79. The molecule has 0 saturated carbocycles. The van der Waals surface area contributed by atoms with Crippen molar-refractivity contribution in [1.29, 1.82) is 5.41 Å². The highest BCUT2D eigenvalue weighted by Crippen LogP contribution is 1.89. The summed E-state index contributed by atoms with van der Waals surface area (Å²) < 4.78 is 29.1. The third-order valence-electron chi connectivity index (χ3n) is 1.24. The summed E-state index contributed by atoms with van der Waals surface area (Å²) in [4.78, 5) is 0. The number of nitrogens with two attached hydrogens (primary N) is 1. The van der Waals surface area contributed by atoms with Gasteiger partial charge >= 0.3 is 0 Å². The molecule has 0 unspecified atom stereocenters. The Bertz CT molecular complexity index is 250. The van der Waals surface area contributed by atoms with Crippen LogP contribution in [0.2, 0.25) is 0 Å². The van der Waals surface area contributed by atoms with Crippen LogP contribution in [0.25, 0.3) is 0 Å². The van der Waals surface area contributed by atoms with E-state index in [1.165, 1.54) is 7.11 Å². The first-order valence-corrected chi connectivity index (χ1v) is 5.42. The van der Waals surface area contributed by atoms with Gasteiger partial charge in [0.25, 0.3) is 0 Å². The van der Waals surface area contributed by atoms with Crippen molar-refractivity contribution in [3.63, 3.8) is 0 Å². The molecule has 0 heterocycles. The topological polar surface area (TPSA) is 105 Å². The van der Waals surface area contributed by atoms with E-state index in [0.717, 1.165) is 0 Å². The molecule has 0 atom stereocenters. The smallest absolute Gasteiger partial charge is 0.212 e. The molecule has 0 aliphatic rings. The van der Waals surface area contributed by atoms with Crippen molar-refractivity contribution < 1.29 is 13.2 Å². The molecular weight excluding hydrogens is 194 g/mol. The minimum atomic E-state index is -3.30. The summed E-state index contributed by atoms with van der Waals surface area (Å²) in [5.41, 5.74) is 4.99. The van der Waals surface area contributed by atoms with Crippen molar-refractivity contribution in [2.45, 2.75) is 6.42 Å². The zero-order chi connectivity index (χ0) is 10.3. The predicted octanol–water partition coefficient (Wildman–Crippen LogP) is -1.12. The molecule has 0 aliphatic heterocycles. The maximum Gasteiger partial charge on any atom is 0.212 e. The van der Waals surface area contributed by atoms with Crippen LogP contribution in [0.1, 0.15) is 6.42 Å². The monoisotopic (exact) mass is 209 g/mol. The fourth-order valence-corrected chi connectivity index (χ4v) is 1.67. The summed E-state index contributed by atoms with van der Waals surface area (Å²) in [6.45, 7) is 0.274. The van der Waals surface area contributed by atoms with E-state index in [1.807, 2.05) is 0 Å². The van der Waals surface area contributed by atoms with Gasteiger partial charge in [0.05, 0.1) is 12.3 Å². The van der Waals surface area contributed by atoms with Gasteiger partial charge in [0, 0.05) is 13.7 Å². The second-order valence-electron chi connectivity index (χ2n) is 2.51. The average molecular weight is 209 g/mol. The van der Waals surface area contributed by atoms with Gasteiger partial charge in [-0.25, -0.2) is 13.1 Å². The molecule has 6 nitrogen and oxygen atoms in total. The van der Waals surface area contributed by atoms with Crippen molar-refractivity contribution in [3.05, 3.63) is 0 Å². The number of nitrogens with one attached hydrogen (secondary N) is 2. The van der Waals surface area contributed by atoms with Crippen LogP contribution in [0.4, 0.5) is 0 Å². The van der Waals surface area contributed by atoms with Gasteiger partial charge in [-0.15, -0.1) is 0 Å². The molecule has 0 amide bonds. The maximum absolute atomic E-state index is 11.1. The zero-order valence-electron chi connectivity index (χ0n) is 7.54. The van der Waals surface area contributed by atoms with E-state index in [2.05, 4.69) is 4.72 Å². The summed E-state index contributed by atoms with van der Waals surface area (Å²) in [5.74, 6) is -0.205. The minimum absolute atomic E-state index is 0.00583. The molecule has 0 aliphatic carbocycles. The Hall–Kier alpha value is -0.660. The summed E-state index contributed by atoms with van der Waals surface area (Å²) in [5, 5.41) is 6.81. The highest BCUT2D eigenvalue weighted by Gasteiger charge is 2.08. The lowest BCUT2D eigenvalue weighted by atomic mass is 10.5. The normalized spacial score (nSPS) is 11.5. The molecule has 0 bridgehead atoms. The second kappa shape index (κ2) is 5.90. The van der Waals surface area contributed by atoms with E-state index < -0.39 is 10.0 Å². The van der Waals surface area contributed by atoms with Gasteiger partial charge in [-0.1, -0.05) is 0 Å². The highest BCUT2D eigenvalue weighted by atomic mass is 32.2. The lowest BCUT2D eigenvalue weighted by molar-refractivity contribution is 0.199. The van der Waals surface area contributed by atoms with Crippen LogP contribution >= 0.6 is 0 Å². The van der Waals surface area contributed by atoms with E-state index in [4.69, 9.17) is 15.9 Å². The average Bonchev–Trinajstić information content (AvgIpc) is 2.02. The molecule has 0 aromatic carbocycles. The third kappa shape index (κ3) is 7.69. The van der Waals surface area contributed by atoms with Crippen molar-refractivity contribution in [2.75, 3.05) is 26.0 Å². The minimum Gasteiger partial charge on any atom is -0.387 e. The number of hydrogen-bond acceptors (Lipinski definition) is 4. The Kier molecular flexibility index (Phi) is 5.60. The van der Waals surface area contributed by atoms with Crippen molar-refractivity contribution >= 4 is 15.9 Å². The number of amidine groups is 1. The van der Waals surface area contributed by atoms with Gasteiger partial charge in [-0.05, 0) is 6.42 Å². The van der Waals surface area contributed by atoms with Gasteiger partial charge in [-0.3, -0.25) is 5.41 Å². The molecule has 78 valence electrons. The van der Waals surface area contributed by atoms with Crippen molar-refractivity contribution in [3.8, 4) is 0 Å². The van der Waals surface area contributed by atoms with Crippen LogP contribution in [0, 0.1) is 5.41 Å². The number of rotatable bonds is 7. The van der Waals surface area contributed by atoms with Crippen molar-refractivity contribution in [1.82, 2.24) is 4.72 Å². The Morgan fingerprint density at radius 2 is 2.23 bits per heavy atom. The number of ether oxygens (including phenoxy) is 1. The first kappa shape index (κ1) is 12.3. The SMILES string of the molecule is COCCCS(=O)(=O)NCC(=N)N. The van der Waals surface area contributed by atoms with Crippen molar-refractivity contribution in [2.24, 2.45) is 5.73 Å². The van der Waals surface area contributed by atoms with E-state index in [0.29, 0.717) is 13.0 Å². The number of hydrogen-bond donors (Lipinski definition) is 3. The molecule has 0 saturated heterocycles. The number of methoxy groups -OCH3 is 1. The van der Waals surface area contributed by atoms with Crippen LogP contribution in [0.15, 0.2) is 0 Å². The molecule has 0 aromatic rings. The Balaban J connectivity index is 3.74. The summed E-state index contributed by atoms with van der Waals surface area (Å²) in [6.07, 6.45) is 0.434. The molecule has 0 radical (unpaired) electrons. The van der Waals surface area contributed by atoms with E-state index in [-0.39, 0.29) is 18.1 Å². The molecule has 13 heavy (non-hydrogen) atoms. The fraction of sp³-hybridized carbons (Fsp3) is 0.833. The molecule has 0 aromatic heterocycles. The van der Waals surface area contributed by atoms with Crippen LogP contribution in [0.5, 0.6) is 0 Å². The molecule has 0 rings (SSSR count). The van der Waals surface area contributed by atoms with Gasteiger partial charge in [0.15, 0.2) is 0 Å². The van der Waals surface area contributed by atoms with Crippen LogP contribution in [-0.2, 0) is 14.8 Å². The zero-order valence-corrected chi connectivity index (χ0v) is 8.36. The largest absolute Gasteiger partial charge is 0.387 e. The maximum atomic E-state index is 11.1. The standard InChI is InChI=1S/C6H15N3O3S/c1-12-3-2-4-13(10,11)9-5-6(7)8/h9H,2-5H2,1H3,(H3,7,8). The third-order valence-corrected chi connectivity index (χ3v) is 2.65. The first-order chi connectivity index (χ1) is 5.98. The van der Waals surface area contributed by atoms with E-state index in [9.17, 15) is 8.42 Å². The Morgan fingerprint density at radius 3 is 2.69 bits per heavy atom. The predicted molar refractivity (Wildman–Crippen MR) is 50.2 cm³/mol. The van der Waals surface area contributed by atoms with Gasteiger partial charge in [0.2, 0.25) is 10.0 Å². The summed E-state index contributed by atoms with van der Waals surface area (Å²) in [6, 6.07) is 0.